The summed E-state index contributed by atoms with van der Waals surface area (Å²) < 4.78 is 0. The predicted molar refractivity (Wildman–Crippen MR) is 68.7 cm³/mol. The van der Waals surface area contributed by atoms with Gasteiger partial charge in [0.25, 0.3) is 0 Å². The number of hydrogen-bond acceptors (Lipinski definition) is 3. The summed E-state index contributed by atoms with van der Waals surface area (Å²) in [6.07, 6.45) is 5.49. The Hall–Kier alpha value is -1.29. The number of nitrogen functional groups attached to an aromatic ring is 1. The Balaban J connectivity index is 1.98. The van der Waals surface area contributed by atoms with E-state index in [4.69, 9.17) is 22.7 Å². The molecule has 1 aliphatic heterocycles. The van der Waals surface area contributed by atoms with Crippen LogP contribution in [0.15, 0.2) is 12.3 Å². The molecule has 17 heavy (non-hydrogen) atoms. The molecule has 1 aromatic rings. The van der Waals surface area contributed by atoms with Gasteiger partial charge in [0.05, 0.1) is 5.02 Å². The van der Waals surface area contributed by atoms with Crippen LogP contribution in [0.4, 0.5) is 5.82 Å². The number of pyridine rings is 1. The SMILES string of the molecule is N=C(N)c1ccnc(N2CC3CCC2C3)c1Cl. The fourth-order valence-electron chi connectivity index (χ4n) is 3.03. The molecule has 0 spiro atoms. The molecular formula is C12H15ClN4. The maximum Gasteiger partial charge on any atom is 0.148 e. The van der Waals surface area contributed by atoms with Crippen molar-refractivity contribution in [3.8, 4) is 0 Å². The number of anilines is 1. The van der Waals surface area contributed by atoms with Gasteiger partial charge in [-0.2, -0.15) is 0 Å². The van der Waals surface area contributed by atoms with Gasteiger partial charge in [0.15, 0.2) is 0 Å². The number of halogens is 1. The Kier molecular flexibility index (Phi) is 2.47. The summed E-state index contributed by atoms with van der Waals surface area (Å²) in [7, 11) is 0. The van der Waals surface area contributed by atoms with E-state index in [9.17, 15) is 0 Å². The van der Waals surface area contributed by atoms with Crippen LogP contribution < -0.4 is 10.6 Å². The average Bonchev–Trinajstić information content (AvgIpc) is 2.90. The van der Waals surface area contributed by atoms with Crippen molar-refractivity contribution in [2.24, 2.45) is 11.7 Å². The number of piperidine rings is 1. The lowest BCUT2D eigenvalue weighted by molar-refractivity contribution is 0.550. The lowest BCUT2D eigenvalue weighted by atomic mass is 10.1. The molecule has 2 atom stereocenters. The highest BCUT2D eigenvalue weighted by molar-refractivity contribution is 6.36. The van der Waals surface area contributed by atoms with Crippen LogP contribution in [0.5, 0.6) is 0 Å². The third kappa shape index (κ3) is 1.67. The van der Waals surface area contributed by atoms with E-state index in [0.29, 0.717) is 16.6 Å². The highest BCUT2D eigenvalue weighted by atomic mass is 35.5. The standard InChI is InChI=1S/C12H15ClN4/c13-10-9(11(14)15)3-4-16-12(10)17-6-7-1-2-8(17)5-7/h3-4,7-8H,1-2,5-6H2,(H3,14,15). The minimum Gasteiger partial charge on any atom is -0.384 e. The maximum atomic E-state index is 7.49. The highest BCUT2D eigenvalue weighted by Crippen LogP contribution is 2.41. The molecule has 4 nitrogen and oxygen atoms in total. The number of amidine groups is 1. The molecule has 1 aliphatic carbocycles. The third-order valence-corrected chi connectivity index (χ3v) is 4.21. The minimum absolute atomic E-state index is 0.00278. The van der Waals surface area contributed by atoms with Crippen molar-refractivity contribution in [3.05, 3.63) is 22.8 Å². The van der Waals surface area contributed by atoms with E-state index >= 15 is 0 Å². The van der Waals surface area contributed by atoms with E-state index in [1.165, 1.54) is 19.3 Å². The first-order valence-electron chi connectivity index (χ1n) is 5.92. The van der Waals surface area contributed by atoms with Crippen molar-refractivity contribution >= 4 is 23.3 Å². The van der Waals surface area contributed by atoms with Crippen LogP contribution >= 0.6 is 11.6 Å². The first-order chi connectivity index (χ1) is 8.16. The number of nitrogens with one attached hydrogen (secondary N) is 1. The molecule has 2 unspecified atom stereocenters. The summed E-state index contributed by atoms with van der Waals surface area (Å²) in [4.78, 5) is 6.64. The molecule has 1 aromatic heterocycles. The monoisotopic (exact) mass is 250 g/mol. The zero-order valence-corrected chi connectivity index (χ0v) is 10.2. The van der Waals surface area contributed by atoms with Crippen molar-refractivity contribution in [3.63, 3.8) is 0 Å². The Morgan fingerprint density at radius 1 is 1.53 bits per heavy atom. The van der Waals surface area contributed by atoms with Crippen LogP contribution in [-0.2, 0) is 0 Å². The third-order valence-electron chi connectivity index (χ3n) is 3.84. The minimum atomic E-state index is 0.00278. The number of nitrogens with two attached hydrogens (primary N) is 1. The second-order valence-corrected chi connectivity index (χ2v) is 5.27. The molecule has 2 heterocycles. The zero-order valence-electron chi connectivity index (χ0n) is 9.49. The Labute approximate surface area is 105 Å². The van der Waals surface area contributed by atoms with Crippen LogP contribution in [0.2, 0.25) is 5.02 Å². The zero-order chi connectivity index (χ0) is 12.0. The van der Waals surface area contributed by atoms with Gasteiger partial charge in [-0.25, -0.2) is 4.98 Å². The van der Waals surface area contributed by atoms with Gasteiger partial charge in [0.2, 0.25) is 0 Å². The number of aromatic nitrogens is 1. The predicted octanol–water partition coefficient (Wildman–Crippen LogP) is 2.01. The van der Waals surface area contributed by atoms with Crippen molar-refractivity contribution in [1.29, 1.82) is 5.41 Å². The molecule has 0 amide bonds. The molecule has 2 aliphatic rings. The van der Waals surface area contributed by atoms with E-state index in [2.05, 4.69) is 9.88 Å². The number of fused-ring (bicyclic) bond motifs is 2. The lowest BCUT2D eigenvalue weighted by Crippen LogP contribution is -2.33. The topological polar surface area (TPSA) is 66.0 Å². The number of rotatable bonds is 2. The molecule has 3 rings (SSSR count). The average molecular weight is 251 g/mol. The smallest absolute Gasteiger partial charge is 0.148 e. The molecule has 0 aromatic carbocycles. The molecule has 3 N–H and O–H groups in total. The maximum absolute atomic E-state index is 7.49. The molecule has 1 saturated carbocycles. The second-order valence-electron chi connectivity index (χ2n) is 4.90. The summed E-state index contributed by atoms with van der Waals surface area (Å²) in [5.41, 5.74) is 6.09. The molecule has 1 saturated heterocycles. The first kappa shape index (κ1) is 10.8. The summed E-state index contributed by atoms with van der Waals surface area (Å²) in [5.74, 6) is 1.59. The van der Waals surface area contributed by atoms with Gasteiger partial charge in [-0.1, -0.05) is 11.6 Å². The van der Waals surface area contributed by atoms with Crippen LogP contribution in [0.1, 0.15) is 24.8 Å². The van der Waals surface area contributed by atoms with Crippen LogP contribution in [-0.4, -0.2) is 23.4 Å². The number of nitrogens with zero attached hydrogens (tertiary/aromatic N) is 2. The van der Waals surface area contributed by atoms with Crippen LogP contribution in [0.3, 0.4) is 0 Å². The Morgan fingerprint density at radius 3 is 2.94 bits per heavy atom. The van der Waals surface area contributed by atoms with Gasteiger partial charge >= 0.3 is 0 Å². The van der Waals surface area contributed by atoms with E-state index in [1.807, 2.05) is 0 Å². The van der Waals surface area contributed by atoms with E-state index in [-0.39, 0.29) is 5.84 Å². The summed E-state index contributed by atoms with van der Waals surface area (Å²) >= 11 is 6.30. The van der Waals surface area contributed by atoms with Crippen molar-refractivity contribution in [1.82, 2.24) is 4.98 Å². The van der Waals surface area contributed by atoms with Gasteiger partial charge in [-0.15, -0.1) is 0 Å². The molecular weight excluding hydrogens is 236 g/mol. The Morgan fingerprint density at radius 2 is 2.35 bits per heavy atom. The summed E-state index contributed by atoms with van der Waals surface area (Å²) in [6, 6.07) is 2.27. The van der Waals surface area contributed by atoms with Gasteiger partial charge in [-0.05, 0) is 31.2 Å². The molecule has 2 bridgehead atoms. The normalized spacial score (nSPS) is 26.5. The second kappa shape index (κ2) is 3.88. The highest BCUT2D eigenvalue weighted by Gasteiger charge is 2.39. The van der Waals surface area contributed by atoms with E-state index in [1.54, 1.807) is 12.3 Å². The van der Waals surface area contributed by atoms with E-state index < -0.39 is 0 Å². The summed E-state index contributed by atoms with van der Waals surface area (Å²) in [5, 5.41) is 8.02. The summed E-state index contributed by atoms with van der Waals surface area (Å²) in [6.45, 7) is 1.04. The van der Waals surface area contributed by atoms with Crippen LogP contribution in [0.25, 0.3) is 0 Å². The quantitative estimate of drug-likeness (QED) is 0.623. The molecule has 2 fully saturated rings. The first-order valence-corrected chi connectivity index (χ1v) is 6.30. The van der Waals surface area contributed by atoms with Crippen LogP contribution in [0, 0.1) is 11.3 Å². The van der Waals surface area contributed by atoms with Crippen molar-refractivity contribution in [2.45, 2.75) is 25.3 Å². The van der Waals surface area contributed by atoms with Gasteiger partial charge in [0, 0.05) is 24.3 Å². The van der Waals surface area contributed by atoms with Crippen molar-refractivity contribution < 1.29 is 0 Å². The lowest BCUT2D eigenvalue weighted by Gasteiger charge is -2.29. The molecule has 90 valence electrons. The van der Waals surface area contributed by atoms with Gasteiger partial charge in [-0.3, -0.25) is 5.41 Å². The van der Waals surface area contributed by atoms with Gasteiger partial charge < -0.3 is 10.6 Å². The van der Waals surface area contributed by atoms with Gasteiger partial charge in [0.1, 0.15) is 11.7 Å². The largest absolute Gasteiger partial charge is 0.384 e. The number of hydrogen-bond donors (Lipinski definition) is 2. The van der Waals surface area contributed by atoms with E-state index in [0.717, 1.165) is 18.3 Å². The Bertz CT molecular complexity index is 474. The van der Waals surface area contributed by atoms with Crippen molar-refractivity contribution in [2.75, 3.05) is 11.4 Å². The molecule has 5 heteroatoms. The fraction of sp³-hybridized carbons (Fsp3) is 0.500. The molecule has 0 radical (unpaired) electrons. The fourth-order valence-corrected chi connectivity index (χ4v) is 3.35.